The van der Waals surface area contributed by atoms with Gasteiger partial charge in [0.15, 0.2) is 11.4 Å². The lowest BCUT2D eigenvalue weighted by atomic mass is 9.70. The first-order valence-electron chi connectivity index (χ1n) is 8.24. The SMILES string of the molecule is CC(C)(C)C1=CC(O)(C#Cc2ccccc2)C=C(C(C)(C)C)C1=O. The van der Waals surface area contributed by atoms with E-state index in [-0.39, 0.29) is 16.6 Å². The van der Waals surface area contributed by atoms with E-state index in [2.05, 4.69) is 11.8 Å². The minimum Gasteiger partial charge on any atom is -0.370 e. The minimum absolute atomic E-state index is 0.00110. The van der Waals surface area contributed by atoms with Crippen LogP contribution in [0.15, 0.2) is 53.6 Å². The van der Waals surface area contributed by atoms with Crippen molar-refractivity contribution >= 4 is 5.78 Å². The molecule has 1 aromatic rings. The first-order chi connectivity index (χ1) is 10.9. The van der Waals surface area contributed by atoms with Crippen LogP contribution < -0.4 is 0 Å². The highest BCUT2D eigenvalue weighted by Gasteiger charge is 2.39. The van der Waals surface area contributed by atoms with E-state index in [1.54, 1.807) is 12.2 Å². The Labute approximate surface area is 145 Å². The third-order valence-electron chi connectivity index (χ3n) is 4.01. The maximum atomic E-state index is 12.9. The lowest BCUT2D eigenvalue weighted by Crippen LogP contribution is -2.36. The monoisotopic (exact) mass is 322 g/mol. The van der Waals surface area contributed by atoms with Gasteiger partial charge in [0.1, 0.15) is 0 Å². The molecule has 2 rings (SSSR count). The largest absolute Gasteiger partial charge is 0.370 e. The first-order valence-corrected chi connectivity index (χ1v) is 8.24. The summed E-state index contributed by atoms with van der Waals surface area (Å²) in [6.07, 6.45) is 3.22. The number of carbonyl (C=O) groups is 1. The van der Waals surface area contributed by atoms with Gasteiger partial charge in [0.05, 0.1) is 0 Å². The molecule has 2 nitrogen and oxygen atoms in total. The number of ketones is 1. The summed E-state index contributed by atoms with van der Waals surface area (Å²) in [4.78, 5) is 12.9. The zero-order valence-electron chi connectivity index (χ0n) is 15.4. The quantitative estimate of drug-likeness (QED) is 0.723. The summed E-state index contributed by atoms with van der Waals surface area (Å²) in [5, 5.41) is 11.0. The van der Waals surface area contributed by atoms with Crippen molar-refractivity contribution < 1.29 is 9.90 Å². The first kappa shape index (κ1) is 18.2. The highest BCUT2D eigenvalue weighted by Crippen LogP contribution is 2.40. The second-order valence-electron chi connectivity index (χ2n) is 8.39. The zero-order chi connectivity index (χ0) is 18.2. The second-order valence-corrected chi connectivity index (χ2v) is 8.39. The van der Waals surface area contributed by atoms with E-state index in [0.29, 0.717) is 11.1 Å². The van der Waals surface area contributed by atoms with Crippen LogP contribution in [0.5, 0.6) is 0 Å². The second kappa shape index (κ2) is 6.07. The molecule has 2 heteroatoms. The molecular formula is C22H26O2. The van der Waals surface area contributed by atoms with Gasteiger partial charge in [0.25, 0.3) is 0 Å². The molecule has 0 heterocycles. The maximum absolute atomic E-state index is 12.9. The highest BCUT2D eigenvalue weighted by molar-refractivity contribution is 6.11. The molecule has 0 radical (unpaired) electrons. The lowest BCUT2D eigenvalue weighted by molar-refractivity contribution is -0.114. The van der Waals surface area contributed by atoms with Crippen LogP contribution in [0.25, 0.3) is 0 Å². The molecule has 0 saturated carbocycles. The molecule has 0 bridgehead atoms. The van der Waals surface area contributed by atoms with Gasteiger partial charge in [-0.3, -0.25) is 4.79 Å². The molecule has 0 spiro atoms. The molecule has 1 N–H and O–H groups in total. The van der Waals surface area contributed by atoms with Crippen LogP contribution in [-0.4, -0.2) is 16.5 Å². The molecule has 1 aliphatic carbocycles. The van der Waals surface area contributed by atoms with Gasteiger partial charge >= 0.3 is 0 Å². The van der Waals surface area contributed by atoms with Crippen LogP contribution in [0.4, 0.5) is 0 Å². The number of aliphatic hydroxyl groups is 1. The smallest absolute Gasteiger partial charge is 0.185 e. The van der Waals surface area contributed by atoms with Gasteiger partial charge in [-0.2, -0.15) is 0 Å². The van der Waals surface area contributed by atoms with Crippen molar-refractivity contribution in [1.82, 2.24) is 0 Å². The van der Waals surface area contributed by atoms with Crippen molar-refractivity contribution in [1.29, 1.82) is 0 Å². The molecule has 0 atom stereocenters. The van der Waals surface area contributed by atoms with Crippen molar-refractivity contribution in [2.45, 2.75) is 47.1 Å². The Morgan fingerprint density at radius 1 is 0.875 bits per heavy atom. The molecule has 0 saturated heterocycles. The number of hydrogen-bond donors (Lipinski definition) is 1. The van der Waals surface area contributed by atoms with E-state index in [0.717, 1.165) is 5.56 Å². The van der Waals surface area contributed by atoms with E-state index in [4.69, 9.17) is 0 Å². The Morgan fingerprint density at radius 3 is 1.75 bits per heavy atom. The molecule has 24 heavy (non-hydrogen) atoms. The number of allylic oxidation sites excluding steroid dienone is 2. The predicted octanol–water partition coefficient (Wildman–Crippen LogP) is 4.30. The zero-order valence-corrected chi connectivity index (χ0v) is 15.4. The molecule has 0 amide bonds. The van der Waals surface area contributed by atoms with E-state index in [9.17, 15) is 9.90 Å². The molecule has 0 aliphatic heterocycles. The highest BCUT2D eigenvalue weighted by atomic mass is 16.3. The van der Waals surface area contributed by atoms with Crippen molar-refractivity contribution in [3.05, 3.63) is 59.2 Å². The summed E-state index contributed by atoms with van der Waals surface area (Å²) in [6.45, 7) is 11.9. The molecular weight excluding hydrogens is 296 g/mol. The number of rotatable bonds is 0. The predicted molar refractivity (Wildman–Crippen MR) is 98.4 cm³/mol. The summed E-state index contributed by atoms with van der Waals surface area (Å²) in [6, 6.07) is 9.53. The number of hydrogen-bond acceptors (Lipinski definition) is 2. The summed E-state index contributed by atoms with van der Waals surface area (Å²) in [5.74, 6) is 5.95. The van der Waals surface area contributed by atoms with Crippen molar-refractivity contribution in [3.8, 4) is 11.8 Å². The number of carbonyl (C=O) groups excluding carboxylic acids is 1. The van der Waals surface area contributed by atoms with E-state index >= 15 is 0 Å². The maximum Gasteiger partial charge on any atom is 0.185 e. The fourth-order valence-electron chi connectivity index (χ4n) is 2.64. The fourth-order valence-corrected chi connectivity index (χ4v) is 2.64. The summed E-state index contributed by atoms with van der Waals surface area (Å²) in [5.41, 5.74) is -0.0949. The van der Waals surface area contributed by atoms with Crippen LogP contribution in [0.2, 0.25) is 0 Å². The molecule has 0 unspecified atom stereocenters. The lowest BCUT2D eigenvalue weighted by Gasteiger charge is -2.34. The van der Waals surface area contributed by atoms with E-state index in [1.807, 2.05) is 71.9 Å². The van der Waals surface area contributed by atoms with Gasteiger partial charge in [-0.15, -0.1) is 0 Å². The third-order valence-corrected chi connectivity index (χ3v) is 4.01. The van der Waals surface area contributed by atoms with Crippen LogP contribution >= 0.6 is 0 Å². The average molecular weight is 322 g/mol. The van der Waals surface area contributed by atoms with Gasteiger partial charge in [-0.1, -0.05) is 71.6 Å². The average Bonchev–Trinajstić information content (AvgIpc) is 2.47. The van der Waals surface area contributed by atoms with Crippen molar-refractivity contribution in [2.75, 3.05) is 0 Å². The Balaban J connectivity index is 2.57. The fraction of sp³-hybridized carbons (Fsp3) is 0.409. The molecule has 1 aromatic carbocycles. The van der Waals surface area contributed by atoms with Gasteiger partial charge in [-0.25, -0.2) is 0 Å². The minimum atomic E-state index is -1.44. The van der Waals surface area contributed by atoms with Gasteiger partial charge in [-0.05, 0) is 35.1 Å². The van der Waals surface area contributed by atoms with Crippen molar-refractivity contribution in [2.24, 2.45) is 10.8 Å². The number of benzene rings is 1. The standard InChI is InChI=1S/C22H26O2/c1-20(2,3)17-14-22(24,13-12-16-10-8-7-9-11-16)15-18(19(17)23)21(4,5)6/h7-11,14-15,24H,1-6H3. The molecule has 0 fully saturated rings. The van der Waals surface area contributed by atoms with Gasteiger partial charge in [0.2, 0.25) is 0 Å². The molecule has 1 aliphatic rings. The summed E-state index contributed by atoms with van der Waals surface area (Å²) in [7, 11) is 0. The Hall–Kier alpha value is -2.11. The normalized spacial score (nSPS) is 17.5. The van der Waals surface area contributed by atoms with Crippen LogP contribution in [0.1, 0.15) is 47.1 Å². The molecule has 126 valence electrons. The van der Waals surface area contributed by atoms with Gasteiger partial charge < -0.3 is 5.11 Å². The van der Waals surface area contributed by atoms with Gasteiger partial charge in [0, 0.05) is 16.7 Å². The third kappa shape index (κ3) is 4.04. The van der Waals surface area contributed by atoms with E-state index < -0.39 is 5.60 Å². The Bertz CT molecular complexity index is 720. The van der Waals surface area contributed by atoms with Crippen LogP contribution in [0.3, 0.4) is 0 Å². The topological polar surface area (TPSA) is 37.3 Å². The Morgan fingerprint density at radius 2 is 1.33 bits per heavy atom. The molecule has 0 aromatic heterocycles. The van der Waals surface area contributed by atoms with E-state index in [1.165, 1.54) is 0 Å². The number of Topliss-reactive ketones (excluding diaryl/α,β-unsaturated/α-hetero) is 1. The Kier molecular flexibility index (Phi) is 4.61. The summed E-state index contributed by atoms with van der Waals surface area (Å²) >= 11 is 0. The van der Waals surface area contributed by atoms with Crippen LogP contribution in [0, 0.1) is 22.7 Å². The van der Waals surface area contributed by atoms with Crippen LogP contribution in [-0.2, 0) is 4.79 Å². The summed E-state index contributed by atoms with van der Waals surface area (Å²) < 4.78 is 0. The van der Waals surface area contributed by atoms with Crippen molar-refractivity contribution in [3.63, 3.8) is 0 Å².